The molecule has 4 heteroatoms. The third kappa shape index (κ3) is 3.34. The molecule has 0 radical (unpaired) electrons. The predicted molar refractivity (Wildman–Crippen MR) is 81.1 cm³/mol. The van der Waals surface area contributed by atoms with E-state index in [1.807, 2.05) is 19.1 Å². The average molecular weight is 292 g/mol. The Morgan fingerprint density at radius 3 is 3.00 bits per heavy atom. The van der Waals surface area contributed by atoms with Gasteiger partial charge in [-0.3, -0.25) is 5.32 Å². The van der Waals surface area contributed by atoms with Crippen LogP contribution in [-0.2, 0) is 0 Å². The number of nitrogens with zero attached hydrogens (tertiary/aromatic N) is 1. The van der Waals surface area contributed by atoms with Crippen molar-refractivity contribution in [2.24, 2.45) is 5.92 Å². The van der Waals surface area contributed by atoms with Gasteiger partial charge in [-0.05, 0) is 49.6 Å². The van der Waals surface area contributed by atoms with Crippen LogP contribution in [-0.4, -0.2) is 17.8 Å². The van der Waals surface area contributed by atoms with Crippen molar-refractivity contribution in [2.45, 2.75) is 43.0 Å². The van der Waals surface area contributed by atoms with Crippen molar-refractivity contribution in [3.63, 3.8) is 0 Å². The van der Waals surface area contributed by atoms with E-state index in [1.165, 1.54) is 6.07 Å². The number of benzene rings is 1. The van der Waals surface area contributed by atoms with Crippen LogP contribution in [0.2, 0.25) is 0 Å². The first-order valence-electron chi connectivity index (χ1n) is 7.25. The SMILES string of the molecule is CCNC1(C#N)CCCC1CCSc1ccccc1F. The van der Waals surface area contributed by atoms with Gasteiger partial charge in [-0.15, -0.1) is 11.8 Å². The van der Waals surface area contributed by atoms with Gasteiger partial charge in [0.15, 0.2) is 0 Å². The normalized spacial score (nSPS) is 25.6. The van der Waals surface area contributed by atoms with Crippen molar-refractivity contribution in [3.05, 3.63) is 30.1 Å². The molecule has 1 aromatic rings. The molecule has 1 aliphatic carbocycles. The first-order valence-corrected chi connectivity index (χ1v) is 8.24. The molecule has 0 heterocycles. The molecule has 108 valence electrons. The van der Waals surface area contributed by atoms with Gasteiger partial charge in [0.25, 0.3) is 0 Å². The Balaban J connectivity index is 1.90. The lowest BCUT2D eigenvalue weighted by Gasteiger charge is -2.29. The summed E-state index contributed by atoms with van der Waals surface area (Å²) in [6.07, 6.45) is 4.10. The topological polar surface area (TPSA) is 35.8 Å². The maximum atomic E-state index is 13.5. The predicted octanol–water partition coefficient (Wildman–Crippen LogP) is 3.98. The molecule has 1 saturated carbocycles. The lowest BCUT2D eigenvalue weighted by molar-refractivity contribution is 0.317. The molecule has 1 aromatic carbocycles. The van der Waals surface area contributed by atoms with Crippen LogP contribution in [0.15, 0.2) is 29.2 Å². The molecule has 20 heavy (non-hydrogen) atoms. The molecule has 0 saturated heterocycles. The van der Waals surface area contributed by atoms with Crippen LogP contribution in [0.1, 0.15) is 32.6 Å². The Morgan fingerprint density at radius 2 is 2.30 bits per heavy atom. The molecule has 0 spiro atoms. The number of nitriles is 1. The minimum atomic E-state index is -0.357. The van der Waals surface area contributed by atoms with Crippen molar-refractivity contribution in [2.75, 3.05) is 12.3 Å². The van der Waals surface area contributed by atoms with E-state index in [2.05, 4.69) is 11.4 Å². The summed E-state index contributed by atoms with van der Waals surface area (Å²) in [5, 5.41) is 12.9. The van der Waals surface area contributed by atoms with E-state index in [1.54, 1.807) is 17.8 Å². The fraction of sp³-hybridized carbons (Fsp3) is 0.562. The molecule has 2 rings (SSSR count). The van der Waals surface area contributed by atoms with Crippen molar-refractivity contribution in [1.82, 2.24) is 5.32 Å². The van der Waals surface area contributed by atoms with Crippen LogP contribution < -0.4 is 5.32 Å². The number of rotatable bonds is 6. The molecule has 0 aromatic heterocycles. The van der Waals surface area contributed by atoms with Gasteiger partial charge in [-0.2, -0.15) is 5.26 Å². The van der Waals surface area contributed by atoms with Gasteiger partial charge in [0.2, 0.25) is 0 Å². The number of halogens is 1. The molecular formula is C16H21FN2S. The van der Waals surface area contributed by atoms with Gasteiger partial charge in [-0.25, -0.2) is 4.39 Å². The Morgan fingerprint density at radius 1 is 1.50 bits per heavy atom. The quantitative estimate of drug-likeness (QED) is 0.806. The highest BCUT2D eigenvalue weighted by atomic mass is 32.2. The van der Waals surface area contributed by atoms with E-state index in [0.717, 1.165) is 38.0 Å². The maximum absolute atomic E-state index is 13.5. The molecule has 0 aliphatic heterocycles. The zero-order chi connectivity index (χ0) is 14.4. The fourth-order valence-electron chi connectivity index (χ4n) is 3.08. The monoisotopic (exact) mass is 292 g/mol. The first-order chi connectivity index (χ1) is 9.72. The summed E-state index contributed by atoms with van der Waals surface area (Å²) in [4.78, 5) is 0.705. The second kappa shape index (κ2) is 7.10. The van der Waals surface area contributed by atoms with Crippen LogP contribution in [0.3, 0.4) is 0 Å². The maximum Gasteiger partial charge on any atom is 0.136 e. The number of hydrogen-bond acceptors (Lipinski definition) is 3. The van der Waals surface area contributed by atoms with Gasteiger partial charge >= 0.3 is 0 Å². The highest BCUT2D eigenvalue weighted by Gasteiger charge is 2.41. The molecular weight excluding hydrogens is 271 g/mol. The van der Waals surface area contributed by atoms with Crippen LogP contribution >= 0.6 is 11.8 Å². The van der Waals surface area contributed by atoms with E-state index in [4.69, 9.17) is 0 Å². The lowest BCUT2D eigenvalue weighted by atomic mass is 9.86. The van der Waals surface area contributed by atoms with Crippen molar-refractivity contribution >= 4 is 11.8 Å². The summed E-state index contributed by atoms with van der Waals surface area (Å²) >= 11 is 1.55. The smallest absolute Gasteiger partial charge is 0.136 e. The summed E-state index contributed by atoms with van der Waals surface area (Å²) in [6, 6.07) is 9.38. The van der Waals surface area contributed by atoms with Crippen LogP contribution in [0.4, 0.5) is 4.39 Å². The summed E-state index contributed by atoms with van der Waals surface area (Å²) < 4.78 is 13.5. The standard InChI is InChI=1S/C16H21FN2S/c1-2-19-16(12-18)10-5-6-13(16)9-11-20-15-8-4-3-7-14(15)17/h3-4,7-8,13,19H,2,5-6,9-11H2,1H3. The summed E-state index contributed by atoms with van der Waals surface area (Å²) in [6.45, 7) is 2.87. The summed E-state index contributed by atoms with van der Waals surface area (Å²) in [5.74, 6) is 1.09. The van der Waals surface area contributed by atoms with Crippen LogP contribution in [0.5, 0.6) is 0 Å². The summed E-state index contributed by atoms with van der Waals surface area (Å²) in [5.41, 5.74) is -0.357. The largest absolute Gasteiger partial charge is 0.299 e. The zero-order valence-corrected chi connectivity index (χ0v) is 12.7. The van der Waals surface area contributed by atoms with Gasteiger partial charge < -0.3 is 0 Å². The summed E-state index contributed by atoms with van der Waals surface area (Å²) in [7, 11) is 0. The average Bonchev–Trinajstić information content (AvgIpc) is 2.85. The second-order valence-corrected chi connectivity index (χ2v) is 6.41. The molecule has 1 N–H and O–H groups in total. The molecule has 1 fully saturated rings. The third-order valence-electron chi connectivity index (χ3n) is 4.07. The van der Waals surface area contributed by atoms with E-state index >= 15 is 0 Å². The highest BCUT2D eigenvalue weighted by molar-refractivity contribution is 7.99. The van der Waals surface area contributed by atoms with Crippen molar-refractivity contribution < 1.29 is 4.39 Å². The number of hydrogen-bond donors (Lipinski definition) is 1. The molecule has 1 aliphatic rings. The third-order valence-corrected chi connectivity index (χ3v) is 5.15. The van der Waals surface area contributed by atoms with E-state index in [9.17, 15) is 9.65 Å². The van der Waals surface area contributed by atoms with Crippen LogP contribution in [0.25, 0.3) is 0 Å². The minimum absolute atomic E-state index is 0.151. The van der Waals surface area contributed by atoms with Gasteiger partial charge in [0.05, 0.1) is 6.07 Å². The van der Waals surface area contributed by atoms with E-state index < -0.39 is 0 Å². The lowest BCUT2D eigenvalue weighted by Crippen LogP contribution is -2.47. The molecule has 0 bridgehead atoms. The van der Waals surface area contributed by atoms with E-state index in [-0.39, 0.29) is 11.4 Å². The Kier molecular flexibility index (Phi) is 5.45. The van der Waals surface area contributed by atoms with Crippen molar-refractivity contribution in [1.29, 1.82) is 5.26 Å². The molecule has 0 amide bonds. The Bertz CT molecular complexity index is 486. The minimum Gasteiger partial charge on any atom is -0.299 e. The highest BCUT2D eigenvalue weighted by Crippen LogP contribution is 2.38. The zero-order valence-electron chi connectivity index (χ0n) is 11.9. The fourth-order valence-corrected chi connectivity index (χ4v) is 4.08. The van der Waals surface area contributed by atoms with Gasteiger partial charge in [0.1, 0.15) is 11.4 Å². The molecule has 2 atom stereocenters. The van der Waals surface area contributed by atoms with Gasteiger partial charge in [-0.1, -0.05) is 25.5 Å². The van der Waals surface area contributed by atoms with Gasteiger partial charge in [0, 0.05) is 4.90 Å². The second-order valence-electron chi connectivity index (χ2n) is 5.27. The first kappa shape index (κ1) is 15.3. The Labute approximate surface area is 124 Å². The molecule has 2 nitrogen and oxygen atoms in total. The number of nitrogens with one attached hydrogen (secondary N) is 1. The molecule has 2 unspecified atom stereocenters. The van der Waals surface area contributed by atoms with E-state index in [0.29, 0.717) is 10.8 Å². The van der Waals surface area contributed by atoms with Crippen LogP contribution in [0, 0.1) is 23.1 Å². The Hall–Kier alpha value is -1.05. The number of thioether (sulfide) groups is 1. The van der Waals surface area contributed by atoms with Crippen molar-refractivity contribution in [3.8, 4) is 6.07 Å².